The Labute approximate surface area is 180 Å². The Bertz CT molecular complexity index is 1190. The highest BCUT2D eigenvalue weighted by molar-refractivity contribution is 6.34. The molecule has 0 fully saturated rings. The van der Waals surface area contributed by atoms with Crippen molar-refractivity contribution in [3.05, 3.63) is 76.9 Å². The number of carbonyl (C=O) groups is 1. The predicted octanol–water partition coefficient (Wildman–Crippen LogP) is 5.93. The number of para-hydroxylation sites is 1. The summed E-state index contributed by atoms with van der Waals surface area (Å²) in [5, 5.41) is 4.74. The fourth-order valence-corrected chi connectivity index (χ4v) is 3.39. The molecule has 0 saturated heterocycles. The van der Waals surface area contributed by atoms with Gasteiger partial charge >= 0.3 is 0 Å². The van der Waals surface area contributed by atoms with Crippen molar-refractivity contribution in [3.8, 4) is 22.5 Å². The number of hydrogen-bond acceptors (Lipinski definition) is 5. The number of benzene rings is 2. The van der Waals surface area contributed by atoms with Gasteiger partial charge < -0.3 is 4.52 Å². The second-order valence-corrected chi connectivity index (χ2v) is 7.08. The van der Waals surface area contributed by atoms with E-state index < -0.39 is 11.7 Å². The molecular formula is C21H13Cl2FN4O2. The first kappa shape index (κ1) is 20.0. The molecule has 2 aromatic heterocycles. The summed E-state index contributed by atoms with van der Waals surface area (Å²) >= 11 is 12.2. The molecule has 2 heterocycles. The first-order chi connectivity index (χ1) is 14.5. The second kappa shape index (κ2) is 8.22. The summed E-state index contributed by atoms with van der Waals surface area (Å²) in [6, 6.07) is 12.7. The fourth-order valence-electron chi connectivity index (χ4n) is 3.01. The number of amides is 1. The Morgan fingerprint density at radius 2 is 1.87 bits per heavy atom. The minimum Gasteiger partial charge on any atom is -0.336 e. The Hall–Kier alpha value is -3.29. The molecule has 150 valence electrons. The Balaban J connectivity index is 2.00. The molecule has 2 aromatic carbocycles. The summed E-state index contributed by atoms with van der Waals surface area (Å²) in [4.78, 5) is 21.8. The predicted molar refractivity (Wildman–Crippen MR) is 112 cm³/mol. The molecule has 0 atom stereocenters. The zero-order chi connectivity index (χ0) is 21.3. The average molecular weight is 443 g/mol. The van der Waals surface area contributed by atoms with Crippen molar-refractivity contribution in [1.29, 1.82) is 0 Å². The lowest BCUT2D eigenvalue weighted by Gasteiger charge is -2.20. The molecule has 0 unspecified atom stereocenters. The zero-order valence-electron chi connectivity index (χ0n) is 15.5. The van der Waals surface area contributed by atoms with Crippen molar-refractivity contribution >= 4 is 40.7 Å². The molecule has 9 heteroatoms. The van der Waals surface area contributed by atoms with E-state index in [0.29, 0.717) is 27.5 Å². The highest BCUT2D eigenvalue weighted by Crippen LogP contribution is 2.43. The molecule has 0 radical (unpaired) electrons. The number of aromatic nitrogens is 3. The largest absolute Gasteiger partial charge is 0.336 e. The highest BCUT2D eigenvalue weighted by atomic mass is 35.5. The standard InChI is InChI=1S/C21H13Cl2FN4O2/c1-12(29)28(20-15(23)3-2-4-16(20)24)21-18(17-9-10-25-11-26-17)19(27-30-21)13-5-7-14(22)8-6-13/h2-11H,1H3. The third kappa shape index (κ3) is 3.65. The Morgan fingerprint density at radius 3 is 2.50 bits per heavy atom. The van der Waals surface area contributed by atoms with Gasteiger partial charge in [0.2, 0.25) is 11.8 Å². The van der Waals surface area contributed by atoms with E-state index in [1.165, 1.54) is 31.5 Å². The molecule has 0 bridgehead atoms. The Morgan fingerprint density at radius 1 is 1.10 bits per heavy atom. The molecule has 1 amide bonds. The first-order valence-electron chi connectivity index (χ1n) is 8.74. The van der Waals surface area contributed by atoms with Crippen LogP contribution in [0.1, 0.15) is 6.92 Å². The van der Waals surface area contributed by atoms with Gasteiger partial charge in [-0.25, -0.2) is 19.3 Å². The summed E-state index contributed by atoms with van der Waals surface area (Å²) in [5.74, 6) is -1.22. The maximum Gasteiger partial charge on any atom is 0.248 e. The maximum absolute atomic E-state index is 14.7. The van der Waals surface area contributed by atoms with Crippen molar-refractivity contribution in [3.63, 3.8) is 0 Å². The van der Waals surface area contributed by atoms with Crippen LogP contribution in [-0.4, -0.2) is 21.0 Å². The number of halogens is 3. The maximum atomic E-state index is 14.7. The van der Waals surface area contributed by atoms with E-state index in [0.717, 1.165) is 4.90 Å². The Kier molecular flexibility index (Phi) is 5.48. The topological polar surface area (TPSA) is 72.1 Å². The lowest BCUT2D eigenvalue weighted by atomic mass is 10.0. The van der Waals surface area contributed by atoms with Crippen LogP contribution in [0.2, 0.25) is 10.0 Å². The van der Waals surface area contributed by atoms with Gasteiger partial charge in [0.15, 0.2) is 0 Å². The van der Waals surface area contributed by atoms with Gasteiger partial charge in [0, 0.05) is 23.7 Å². The number of hydrogen-bond donors (Lipinski definition) is 0. The molecule has 0 saturated carbocycles. The van der Waals surface area contributed by atoms with Gasteiger partial charge in [-0.05, 0) is 30.3 Å². The third-order valence-electron chi connectivity index (χ3n) is 4.31. The lowest BCUT2D eigenvalue weighted by Crippen LogP contribution is -2.24. The van der Waals surface area contributed by atoms with Crippen LogP contribution in [-0.2, 0) is 4.79 Å². The van der Waals surface area contributed by atoms with Crippen molar-refractivity contribution in [2.24, 2.45) is 0 Å². The van der Waals surface area contributed by atoms with Crippen LogP contribution in [0, 0.1) is 5.82 Å². The monoisotopic (exact) mass is 442 g/mol. The average Bonchev–Trinajstić information content (AvgIpc) is 3.16. The number of anilines is 2. The van der Waals surface area contributed by atoms with E-state index >= 15 is 0 Å². The van der Waals surface area contributed by atoms with Crippen LogP contribution in [0.25, 0.3) is 22.5 Å². The molecule has 0 N–H and O–H groups in total. The molecule has 0 aliphatic heterocycles. The fraction of sp³-hybridized carbons (Fsp3) is 0.0476. The summed E-state index contributed by atoms with van der Waals surface area (Å²) in [7, 11) is 0. The van der Waals surface area contributed by atoms with Gasteiger partial charge in [-0.15, -0.1) is 0 Å². The van der Waals surface area contributed by atoms with Crippen LogP contribution in [0.3, 0.4) is 0 Å². The van der Waals surface area contributed by atoms with Gasteiger partial charge in [-0.2, -0.15) is 0 Å². The van der Waals surface area contributed by atoms with Gasteiger partial charge in [-0.3, -0.25) is 4.79 Å². The van der Waals surface area contributed by atoms with E-state index in [1.807, 2.05) is 0 Å². The molecular weight excluding hydrogens is 430 g/mol. The van der Waals surface area contributed by atoms with E-state index in [1.54, 1.807) is 36.5 Å². The van der Waals surface area contributed by atoms with Crippen molar-refractivity contribution < 1.29 is 13.7 Å². The van der Waals surface area contributed by atoms with E-state index in [2.05, 4.69) is 15.1 Å². The van der Waals surface area contributed by atoms with Crippen LogP contribution in [0.4, 0.5) is 16.0 Å². The van der Waals surface area contributed by atoms with Crippen LogP contribution >= 0.6 is 23.2 Å². The van der Waals surface area contributed by atoms with Crippen molar-refractivity contribution in [2.75, 3.05) is 4.90 Å². The molecule has 4 rings (SSSR count). The highest BCUT2D eigenvalue weighted by Gasteiger charge is 2.31. The first-order valence-corrected chi connectivity index (χ1v) is 9.49. The number of rotatable bonds is 4. The lowest BCUT2D eigenvalue weighted by molar-refractivity contribution is -0.116. The van der Waals surface area contributed by atoms with Crippen molar-refractivity contribution in [1.82, 2.24) is 15.1 Å². The van der Waals surface area contributed by atoms with E-state index in [4.69, 9.17) is 27.7 Å². The summed E-state index contributed by atoms with van der Waals surface area (Å²) in [6.07, 6.45) is 2.89. The minimum atomic E-state index is -0.684. The quantitative estimate of drug-likeness (QED) is 0.391. The van der Waals surface area contributed by atoms with Crippen LogP contribution in [0.5, 0.6) is 0 Å². The summed E-state index contributed by atoms with van der Waals surface area (Å²) in [6.45, 7) is 1.27. The molecule has 30 heavy (non-hydrogen) atoms. The molecule has 4 aromatic rings. The van der Waals surface area contributed by atoms with E-state index in [-0.39, 0.29) is 16.6 Å². The normalized spacial score (nSPS) is 10.8. The molecule has 0 spiro atoms. The van der Waals surface area contributed by atoms with Gasteiger partial charge in [0.25, 0.3) is 0 Å². The van der Waals surface area contributed by atoms with Gasteiger partial charge in [0.05, 0.1) is 16.3 Å². The molecule has 0 aliphatic rings. The van der Waals surface area contributed by atoms with Crippen LogP contribution < -0.4 is 4.90 Å². The van der Waals surface area contributed by atoms with Gasteiger partial charge in [0.1, 0.15) is 23.5 Å². The smallest absolute Gasteiger partial charge is 0.248 e. The third-order valence-corrected chi connectivity index (χ3v) is 4.87. The zero-order valence-corrected chi connectivity index (χ0v) is 17.0. The van der Waals surface area contributed by atoms with Gasteiger partial charge in [-0.1, -0.05) is 46.6 Å². The summed E-state index contributed by atoms with van der Waals surface area (Å²) < 4.78 is 20.2. The minimum absolute atomic E-state index is 0.0156. The number of carbonyl (C=O) groups excluding carboxylic acids is 1. The molecule has 6 nitrogen and oxygen atoms in total. The molecule has 0 aliphatic carbocycles. The van der Waals surface area contributed by atoms with E-state index in [9.17, 15) is 9.18 Å². The second-order valence-electron chi connectivity index (χ2n) is 6.24. The SMILES string of the molecule is CC(=O)N(c1onc(-c2ccc(Cl)cc2)c1-c1ccncn1)c1c(F)cccc1Cl. The summed E-state index contributed by atoms with van der Waals surface area (Å²) in [5.41, 5.74) is 1.75. The number of nitrogens with zero attached hydrogens (tertiary/aromatic N) is 4. The van der Waals surface area contributed by atoms with Crippen molar-refractivity contribution in [2.45, 2.75) is 6.92 Å². The van der Waals surface area contributed by atoms with Crippen LogP contribution in [0.15, 0.2) is 65.6 Å².